The van der Waals surface area contributed by atoms with Gasteiger partial charge in [0, 0.05) is 0 Å². The van der Waals surface area contributed by atoms with Gasteiger partial charge in [-0.3, -0.25) is 0 Å². The number of ether oxygens (including phenoxy) is 2. The lowest BCUT2D eigenvalue weighted by atomic mass is 10.1. The fraction of sp³-hybridized carbons (Fsp3) is 0.250. The first-order valence-corrected chi connectivity index (χ1v) is 6.48. The Labute approximate surface area is 122 Å². The molecule has 0 fully saturated rings. The molecule has 0 spiro atoms. The van der Waals surface area contributed by atoms with E-state index in [1.807, 2.05) is 0 Å². The average Bonchev–Trinajstić information content (AvgIpc) is 2.49. The van der Waals surface area contributed by atoms with Crippen molar-refractivity contribution in [3.05, 3.63) is 53.3 Å². The Bertz CT molecular complexity index is 626. The minimum Gasteiger partial charge on any atom is -0.493 e. The van der Waals surface area contributed by atoms with Crippen molar-refractivity contribution >= 4 is 0 Å². The zero-order valence-corrected chi connectivity index (χ0v) is 11.8. The van der Waals surface area contributed by atoms with Crippen molar-refractivity contribution in [3.63, 3.8) is 0 Å². The highest BCUT2D eigenvalue weighted by molar-refractivity contribution is 5.46. The maximum absolute atomic E-state index is 14.0. The molecule has 0 aromatic heterocycles. The molecule has 1 atom stereocenters. The van der Waals surface area contributed by atoms with E-state index in [-0.39, 0.29) is 12.4 Å². The lowest BCUT2D eigenvalue weighted by molar-refractivity contribution is 0.198. The van der Waals surface area contributed by atoms with Crippen LogP contribution in [-0.4, -0.2) is 17.3 Å². The van der Waals surface area contributed by atoms with Crippen molar-refractivity contribution in [2.45, 2.75) is 19.6 Å². The molecular formula is C16H17FO4. The Morgan fingerprint density at radius 2 is 1.81 bits per heavy atom. The SMILES string of the molecule is COc1cc(CO)ccc1Oc1ccc([C@@H](C)O)cc1F. The summed E-state index contributed by atoms with van der Waals surface area (Å²) in [5.74, 6) is 0.218. The third-order valence-electron chi connectivity index (χ3n) is 3.07. The molecule has 0 unspecified atom stereocenters. The molecule has 0 aliphatic rings. The number of hydrogen-bond acceptors (Lipinski definition) is 4. The molecule has 21 heavy (non-hydrogen) atoms. The zero-order valence-electron chi connectivity index (χ0n) is 11.8. The quantitative estimate of drug-likeness (QED) is 0.888. The lowest BCUT2D eigenvalue weighted by Gasteiger charge is -2.13. The first kappa shape index (κ1) is 15.3. The molecule has 0 aliphatic heterocycles. The van der Waals surface area contributed by atoms with E-state index in [4.69, 9.17) is 14.6 Å². The van der Waals surface area contributed by atoms with Gasteiger partial charge in [0.2, 0.25) is 0 Å². The van der Waals surface area contributed by atoms with Crippen LogP contribution in [0.4, 0.5) is 4.39 Å². The summed E-state index contributed by atoms with van der Waals surface area (Å²) in [4.78, 5) is 0. The number of hydrogen-bond donors (Lipinski definition) is 2. The largest absolute Gasteiger partial charge is 0.493 e. The number of aliphatic hydroxyl groups excluding tert-OH is 2. The van der Waals surface area contributed by atoms with E-state index in [0.717, 1.165) is 0 Å². The van der Waals surface area contributed by atoms with E-state index < -0.39 is 11.9 Å². The van der Waals surface area contributed by atoms with Crippen molar-refractivity contribution in [2.24, 2.45) is 0 Å². The predicted molar refractivity (Wildman–Crippen MR) is 76.0 cm³/mol. The molecule has 2 aromatic rings. The highest BCUT2D eigenvalue weighted by Gasteiger charge is 2.12. The van der Waals surface area contributed by atoms with Gasteiger partial charge >= 0.3 is 0 Å². The summed E-state index contributed by atoms with van der Waals surface area (Å²) >= 11 is 0. The number of methoxy groups -OCH3 is 1. The summed E-state index contributed by atoms with van der Waals surface area (Å²) in [6.45, 7) is 1.44. The Kier molecular flexibility index (Phi) is 4.77. The van der Waals surface area contributed by atoms with Crippen LogP contribution >= 0.6 is 0 Å². The predicted octanol–water partition coefficient (Wildman–Crippen LogP) is 3.17. The fourth-order valence-corrected chi connectivity index (χ4v) is 1.87. The van der Waals surface area contributed by atoms with E-state index in [9.17, 15) is 9.50 Å². The summed E-state index contributed by atoms with van der Waals surface area (Å²) in [5.41, 5.74) is 1.14. The number of benzene rings is 2. The average molecular weight is 292 g/mol. The smallest absolute Gasteiger partial charge is 0.169 e. The van der Waals surface area contributed by atoms with E-state index >= 15 is 0 Å². The Morgan fingerprint density at radius 1 is 1.10 bits per heavy atom. The van der Waals surface area contributed by atoms with Crippen LogP contribution in [0.5, 0.6) is 17.2 Å². The second-order valence-corrected chi connectivity index (χ2v) is 4.61. The minimum atomic E-state index is -0.744. The van der Waals surface area contributed by atoms with Crippen LogP contribution < -0.4 is 9.47 Å². The molecule has 4 nitrogen and oxygen atoms in total. The molecule has 2 N–H and O–H groups in total. The molecular weight excluding hydrogens is 275 g/mol. The molecule has 0 aliphatic carbocycles. The van der Waals surface area contributed by atoms with Gasteiger partial charge in [0.1, 0.15) is 0 Å². The van der Waals surface area contributed by atoms with Crippen molar-refractivity contribution < 1.29 is 24.1 Å². The standard InChI is InChI=1S/C16H17FO4/c1-10(19)12-4-6-14(13(17)8-12)21-15-5-3-11(9-18)7-16(15)20-2/h3-8,10,18-19H,9H2,1-2H3/t10-/m1/s1. The molecule has 2 aromatic carbocycles. The Hall–Kier alpha value is -2.11. The van der Waals surface area contributed by atoms with E-state index in [1.54, 1.807) is 31.2 Å². The third-order valence-corrected chi connectivity index (χ3v) is 3.07. The number of halogens is 1. The van der Waals surface area contributed by atoms with E-state index in [1.165, 1.54) is 19.2 Å². The van der Waals surface area contributed by atoms with Crippen LogP contribution in [0.1, 0.15) is 24.2 Å². The molecule has 2 rings (SSSR count). The Balaban J connectivity index is 2.29. The fourth-order valence-electron chi connectivity index (χ4n) is 1.87. The van der Waals surface area contributed by atoms with Crippen LogP contribution in [0.2, 0.25) is 0 Å². The van der Waals surface area contributed by atoms with Gasteiger partial charge in [-0.2, -0.15) is 0 Å². The summed E-state index contributed by atoms with van der Waals surface area (Å²) < 4.78 is 24.6. The highest BCUT2D eigenvalue weighted by atomic mass is 19.1. The zero-order chi connectivity index (χ0) is 15.4. The second-order valence-electron chi connectivity index (χ2n) is 4.61. The molecule has 0 saturated carbocycles. The van der Waals surface area contributed by atoms with Gasteiger partial charge in [0.25, 0.3) is 0 Å². The number of rotatable bonds is 5. The summed E-state index contributed by atoms with van der Waals surface area (Å²) in [6.07, 6.45) is -0.744. The highest BCUT2D eigenvalue weighted by Crippen LogP contribution is 2.34. The molecule has 0 bridgehead atoms. The molecule has 0 saturated heterocycles. The van der Waals surface area contributed by atoms with Crippen molar-refractivity contribution in [1.82, 2.24) is 0 Å². The molecule has 5 heteroatoms. The van der Waals surface area contributed by atoms with Crippen molar-refractivity contribution in [2.75, 3.05) is 7.11 Å². The summed E-state index contributed by atoms with van der Waals surface area (Å²) in [7, 11) is 1.47. The van der Waals surface area contributed by atoms with Gasteiger partial charge in [-0.05, 0) is 42.3 Å². The van der Waals surface area contributed by atoms with Crippen LogP contribution in [0.3, 0.4) is 0 Å². The maximum Gasteiger partial charge on any atom is 0.169 e. The molecule has 112 valence electrons. The van der Waals surface area contributed by atoms with Gasteiger partial charge in [-0.25, -0.2) is 4.39 Å². The first-order valence-electron chi connectivity index (χ1n) is 6.48. The van der Waals surface area contributed by atoms with E-state index in [0.29, 0.717) is 22.6 Å². The van der Waals surface area contributed by atoms with Crippen LogP contribution in [0.15, 0.2) is 36.4 Å². The van der Waals surface area contributed by atoms with Crippen LogP contribution in [-0.2, 0) is 6.61 Å². The van der Waals surface area contributed by atoms with Crippen LogP contribution in [0.25, 0.3) is 0 Å². The first-order chi connectivity index (χ1) is 10.0. The lowest BCUT2D eigenvalue weighted by Crippen LogP contribution is -1.96. The molecule has 0 heterocycles. The van der Waals surface area contributed by atoms with Gasteiger partial charge in [0.15, 0.2) is 23.1 Å². The molecule has 0 radical (unpaired) electrons. The second kappa shape index (κ2) is 6.56. The summed E-state index contributed by atoms with van der Waals surface area (Å²) in [5, 5.41) is 18.5. The van der Waals surface area contributed by atoms with Crippen molar-refractivity contribution in [1.29, 1.82) is 0 Å². The monoisotopic (exact) mass is 292 g/mol. The Morgan fingerprint density at radius 3 is 2.38 bits per heavy atom. The summed E-state index contributed by atoms with van der Waals surface area (Å²) in [6, 6.07) is 9.17. The van der Waals surface area contributed by atoms with Gasteiger partial charge < -0.3 is 19.7 Å². The van der Waals surface area contributed by atoms with Crippen molar-refractivity contribution in [3.8, 4) is 17.2 Å². The minimum absolute atomic E-state index is 0.0365. The third kappa shape index (κ3) is 3.51. The molecule has 0 amide bonds. The topological polar surface area (TPSA) is 58.9 Å². The van der Waals surface area contributed by atoms with Gasteiger partial charge in [-0.15, -0.1) is 0 Å². The normalized spacial score (nSPS) is 12.0. The van der Waals surface area contributed by atoms with Crippen LogP contribution in [0, 0.1) is 5.82 Å². The van der Waals surface area contributed by atoms with E-state index in [2.05, 4.69) is 0 Å². The van der Waals surface area contributed by atoms with Gasteiger partial charge in [0.05, 0.1) is 19.8 Å². The maximum atomic E-state index is 14.0. The van der Waals surface area contributed by atoms with Gasteiger partial charge in [-0.1, -0.05) is 12.1 Å². The number of aliphatic hydroxyl groups is 2.